The third-order valence-electron chi connectivity index (χ3n) is 3.24. The van der Waals surface area contributed by atoms with Crippen LogP contribution in [-0.4, -0.2) is 25.2 Å². The monoisotopic (exact) mass is 244 g/mol. The van der Waals surface area contributed by atoms with E-state index in [1.54, 1.807) is 19.2 Å². The average Bonchev–Trinajstić information content (AvgIpc) is 2.34. The molecule has 1 saturated carbocycles. The van der Waals surface area contributed by atoms with Crippen molar-refractivity contribution in [2.75, 3.05) is 7.11 Å². The van der Waals surface area contributed by atoms with Crippen LogP contribution in [0, 0.1) is 11.3 Å². The molecule has 4 nitrogen and oxygen atoms in total. The largest absolute Gasteiger partial charge is 0.381 e. The van der Waals surface area contributed by atoms with Crippen molar-refractivity contribution in [3.05, 3.63) is 35.4 Å². The first-order valence-corrected chi connectivity index (χ1v) is 6.02. The van der Waals surface area contributed by atoms with Gasteiger partial charge in [-0.15, -0.1) is 0 Å². The summed E-state index contributed by atoms with van der Waals surface area (Å²) >= 11 is 0. The van der Waals surface area contributed by atoms with Crippen LogP contribution >= 0.6 is 0 Å². The van der Waals surface area contributed by atoms with Gasteiger partial charge in [0, 0.05) is 13.2 Å². The van der Waals surface area contributed by atoms with E-state index in [-0.39, 0.29) is 11.9 Å². The quantitative estimate of drug-likeness (QED) is 0.870. The standard InChI is InChI=1S/C14H16N2O2/c1-18-13-7-12(8-13)16-14(17)6-10-2-4-11(9-15)5-3-10/h2-5,12-13H,6-8H2,1H3,(H,16,17). The molecule has 0 radical (unpaired) electrons. The van der Waals surface area contributed by atoms with Gasteiger partial charge in [0.15, 0.2) is 0 Å². The van der Waals surface area contributed by atoms with Crippen molar-refractivity contribution in [3.8, 4) is 6.07 Å². The van der Waals surface area contributed by atoms with Crippen molar-refractivity contribution in [1.29, 1.82) is 5.26 Å². The fourth-order valence-corrected chi connectivity index (χ4v) is 2.04. The summed E-state index contributed by atoms with van der Waals surface area (Å²) < 4.78 is 5.16. The van der Waals surface area contributed by atoms with Crippen LogP contribution in [0.3, 0.4) is 0 Å². The Morgan fingerprint density at radius 1 is 1.44 bits per heavy atom. The Morgan fingerprint density at radius 2 is 2.11 bits per heavy atom. The van der Waals surface area contributed by atoms with Gasteiger partial charge < -0.3 is 10.1 Å². The molecule has 4 heteroatoms. The summed E-state index contributed by atoms with van der Waals surface area (Å²) in [5, 5.41) is 11.6. The minimum absolute atomic E-state index is 0.0271. The molecule has 1 fully saturated rings. The second-order valence-corrected chi connectivity index (χ2v) is 4.58. The first-order chi connectivity index (χ1) is 8.71. The molecule has 1 aromatic rings. The van der Waals surface area contributed by atoms with Gasteiger partial charge in [-0.3, -0.25) is 4.79 Å². The van der Waals surface area contributed by atoms with E-state index < -0.39 is 0 Å². The highest BCUT2D eigenvalue weighted by Crippen LogP contribution is 2.22. The zero-order valence-corrected chi connectivity index (χ0v) is 10.3. The molecule has 0 aromatic heterocycles. The molecule has 1 amide bonds. The summed E-state index contributed by atoms with van der Waals surface area (Å²) in [4.78, 5) is 11.7. The second-order valence-electron chi connectivity index (χ2n) is 4.58. The molecule has 18 heavy (non-hydrogen) atoms. The molecule has 94 valence electrons. The number of nitrogens with zero attached hydrogens (tertiary/aromatic N) is 1. The third kappa shape index (κ3) is 3.08. The van der Waals surface area contributed by atoms with E-state index in [0.29, 0.717) is 18.1 Å². The van der Waals surface area contributed by atoms with E-state index in [1.165, 1.54) is 0 Å². The summed E-state index contributed by atoms with van der Waals surface area (Å²) in [5.74, 6) is 0.0271. The molecule has 0 bridgehead atoms. The summed E-state index contributed by atoms with van der Waals surface area (Å²) in [5.41, 5.74) is 1.54. The highest BCUT2D eigenvalue weighted by atomic mass is 16.5. The lowest BCUT2D eigenvalue weighted by molar-refractivity contribution is -0.122. The van der Waals surface area contributed by atoms with Crippen LogP contribution in [0.1, 0.15) is 24.0 Å². The van der Waals surface area contributed by atoms with Gasteiger partial charge in [-0.25, -0.2) is 0 Å². The Labute approximate surface area is 107 Å². The SMILES string of the molecule is COC1CC(NC(=O)Cc2ccc(C#N)cc2)C1. The first kappa shape index (κ1) is 12.6. The lowest BCUT2D eigenvalue weighted by Crippen LogP contribution is -2.47. The summed E-state index contributed by atoms with van der Waals surface area (Å²) in [6, 6.07) is 9.40. The summed E-state index contributed by atoms with van der Waals surface area (Å²) in [6.45, 7) is 0. The van der Waals surface area contributed by atoms with Gasteiger partial charge in [-0.1, -0.05) is 12.1 Å². The van der Waals surface area contributed by atoms with Gasteiger partial charge in [0.1, 0.15) is 0 Å². The molecule has 1 aliphatic rings. The Morgan fingerprint density at radius 3 is 2.67 bits per heavy atom. The Balaban J connectivity index is 1.79. The molecular formula is C14H16N2O2. The molecule has 0 spiro atoms. The van der Waals surface area contributed by atoms with Crippen LogP contribution in [0.5, 0.6) is 0 Å². The van der Waals surface area contributed by atoms with Crippen LogP contribution in [0.15, 0.2) is 24.3 Å². The summed E-state index contributed by atoms with van der Waals surface area (Å²) in [7, 11) is 1.69. The van der Waals surface area contributed by atoms with Gasteiger partial charge in [0.2, 0.25) is 5.91 Å². The zero-order chi connectivity index (χ0) is 13.0. The maximum Gasteiger partial charge on any atom is 0.224 e. The van der Waals surface area contributed by atoms with Crippen LogP contribution in [0.25, 0.3) is 0 Å². The number of nitrogens with one attached hydrogen (secondary N) is 1. The molecule has 0 saturated heterocycles. The lowest BCUT2D eigenvalue weighted by Gasteiger charge is -2.34. The molecule has 2 rings (SSSR count). The lowest BCUT2D eigenvalue weighted by atomic mass is 9.89. The average molecular weight is 244 g/mol. The van der Waals surface area contributed by atoms with Crippen molar-refractivity contribution in [1.82, 2.24) is 5.32 Å². The number of hydrogen-bond donors (Lipinski definition) is 1. The first-order valence-electron chi connectivity index (χ1n) is 6.02. The van der Waals surface area contributed by atoms with Gasteiger partial charge in [0.05, 0.1) is 24.2 Å². The van der Waals surface area contributed by atoms with Gasteiger partial charge in [-0.2, -0.15) is 5.26 Å². The predicted octanol–water partition coefficient (Wildman–Crippen LogP) is 1.39. The van der Waals surface area contributed by atoms with Crippen LogP contribution < -0.4 is 5.32 Å². The van der Waals surface area contributed by atoms with E-state index >= 15 is 0 Å². The minimum atomic E-state index is 0.0271. The predicted molar refractivity (Wildman–Crippen MR) is 66.8 cm³/mol. The van der Waals surface area contributed by atoms with Crippen molar-refractivity contribution in [2.45, 2.75) is 31.4 Å². The maximum absolute atomic E-state index is 11.7. The minimum Gasteiger partial charge on any atom is -0.381 e. The molecule has 1 aliphatic carbocycles. The normalized spacial score (nSPS) is 21.8. The fraction of sp³-hybridized carbons (Fsp3) is 0.429. The molecule has 1 N–H and O–H groups in total. The Kier molecular flexibility index (Phi) is 3.96. The maximum atomic E-state index is 11.7. The number of amides is 1. The van der Waals surface area contributed by atoms with E-state index in [9.17, 15) is 4.79 Å². The van der Waals surface area contributed by atoms with Crippen LogP contribution in [0.4, 0.5) is 0 Å². The van der Waals surface area contributed by atoms with Crippen molar-refractivity contribution in [3.63, 3.8) is 0 Å². The molecule has 0 heterocycles. The molecule has 0 atom stereocenters. The van der Waals surface area contributed by atoms with Gasteiger partial charge >= 0.3 is 0 Å². The number of methoxy groups -OCH3 is 1. The number of nitriles is 1. The zero-order valence-electron chi connectivity index (χ0n) is 10.3. The highest BCUT2D eigenvalue weighted by molar-refractivity contribution is 5.79. The van der Waals surface area contributed by atoms with Crippen molar-refractivity contribution >= 4 is 5.91 Å². The van der Waals surface area contributed by atoms with Crippen LogP contribution in [0.2, 0.25) is 0 Å². The number of carbonyl (C=O) groups excluding carboxylic acids is 1. The Hall–Kier alpha value is -1.86. The van der Waals surface area contributed by atoms with E-state index in [4.69, 9.17) is 10.00 Å². The third-order valence-corrected chi connectivity index (χ3v) is 3.24. The van der Waals surface area contributed by atoms with Gasteiger partial charge in [-0.05, 0) is 30.5 Å². The highest BCUT2D eigenvalue weighted by Gasteiger charge is 2.29. The van der Waals surface area contributed by atoms with Crippen molar-refractivity contribution < 1.29 is 9.53 Å². The molecule has 1 aromatic carbocycles. The number of rotatable bonds is 4. The topological polar surface area (TPSA) is 62.1 Å². The number of hydrogen-bond acceptors (Lipinski definition) is 3. The van der Waals surface area contributed by atoms with E-state index in [1.807, 2.05) is 12.1 Å². The van der Waals surface area contributed by atoms with E-state index in [0.717, 1.165) is 18.4 Å². The van der Waals surface area contributed by atoms with Crippen molar-refractivity contribution in [2.24, 2.45) is 0 Å². The van der Waals surface area contributed by atoms with Crippen LogP contribution in [-0.2, 0) is 16.0 Å². The van der Waals surface area contributed by atoms with E-state index in [2.05, 4.69) is 11.4 Å². The number of ether oxygens (including phenoxy) is 1. The second kappa shape index (κ2) is 5.65. The number of carbonyl (C=O) groups is 1. The smallest absolute Gasteiger partial charge is 0.224 e. The summed E-state index contributed by atoms with van der Waals surface area (Å²) in [6.07, 6.45) is 2.45. The molecular weight excluding hydrogens is 228 g/mol. The molecule has 0 aliphatic heterocycles. The number of benzene rings is 1. The fourth-order valence-electron chi connectivity index (χ4n) is 2.04. The molecule has 0 unspecified atom stereocenters. The van der Waals surface area contributed by atoms with Gasteiger partial charge in [0.25, 0.3) is 0 Å². The Bertz CT molecular complexity index is 456.